The molecule has 0 spiro atoms. The molecule has 0 atom stereocenters. The molecule has 0 fully saturated rings. The van der Waals surface area contributed by atoms with Crippen molar-refractivity contribution < 1.29 is 14.0 Å². The fourth-order valence-corrected chi connectivity index (χ4v) is 2.62. The predicted octanol–water partition coefficient (Wildman–Crippen LogP) is 1.72. The maximum absolute atomic E-state index is 14.3. The van der Waals surface area contributed by atoms with E-state index in [0.29, 0.717) is 25.1 Å². The van der Waals surface area contributed by atoms with Crippen LogP contribution in [0.5, 0.6) is 0 Å². The molecule has 1 aliphatic heterocycles. The van der Waals surface area contributed by atoms with Gasteiger partial charge in [-0.15, -0.1) is 0 Å². The molecule has 0 saturated carbocycles. The Balaban J connectivity index is 1.84. The smallest absolute Gasteiger partial charge is 0.256 e. The van der Waals surface area contributed by atoms with Crippen molar-refractivity contribution in [3.63, 3.8) is 0 Å². The number of imidazole rings is 1. The second-order valence-electron chi connectivity index (χ2n) is 5.69. The maximum atomic E-state index is 14.3. The van der Waals surface area contributed by atoms with Crippen molar-refractivity contribution in [2.45, 2.75) is 19.4 Å². The summed E-state index contributed by atoms with van der Waals surface area (Å²) in [6.07, 6.45) is 4.17. The molecule has 120 valence electrons. The van der Waals surface area contributed by atoms with Crippen LogP contribution in [-0.4, -0.2) is 33.3 Å². The van der Waals surface area contributed by atoms with Gasteiger partial charge in [0.05, 0.1) is 24.1 Å². The lowest BCUT2D eigenvalue weighted by molar-refractivity contribution is -0.116. The average molecular weight is 316 g/mol. The van der Waals surface area contributed by atoms with Crippen molar-refractivity contribution in [1.29, 1.82) is 0 Å². The molecule has 0 bridgehead atoms. The van der Waals surface area contributed by atoms with Gasteiger partial charge in [-0.3, -0.25) is 9.59 Å². The molecule has 2 amide bonds. The van der Waals surface area contributed by atoms with Gasteiger partial charge >= 0.3 is 0 Å². The normalized spacial score (nSPS) is 13.4. The van der Waals surface area contributed by atoms with E-state index in [-0.39, 0.29) is 11.5 Å². The highest BCUT2D eigenvalue weighted by molar-refractivity contribution is 5.98. The van der Waals surface area contributed by atoms with E-state index in [4.69, 9.17) is 0 Å². The van der Waals surface area contributed by atoms with E-state index in [9.17, 15) is 14.0 Å². The first-order valence-electron chi connectivity index (χ1n) is 7.28. The predicted molar refractivity (Wildman–Crippen MR) is 82.4 cm³/mol. The van der Waals surface area contributed by atoms with E-state index < -0.39 is 11.7 Å². The Morgan fingerprint density at radius 2 is 2.22 bits per heavy atom. The number of benzene rings is 1. The number of hydrogen-bond acceptors (Lipinski definition) is 3. The van der Waals surface area contributed by atoms with E-state index in [2.05, 4.69) is 10.3 Å². The standard InChI is InChI=1S/C16H17FN4O2/c1-20(8-11-7-18-9-21(11)2)16(23)12-5-10-3-4-15(22)19-14(10)6-13(12)17/h5-7,9H,3-4,8H2,1-2H3,(H,19,22). The van der Waals surface area contributed by atoms with Gasteiger partial charge in [0, 0.05) is 32.4 Å². The van der Waals surface area contributed by atoms with Gasteiger partial charge in [0.1, 0.15) is 5.82 Å². The number of carbonyl (C=O) groups excluding carboxylic acids is 2. The van der Waals surface area contributed by atoms with Crippen molar-refractivity contribution in [1.82, 2.24) is 14.5 Å². The number of aryl methyl sites for hydroxylation is 2. The van der Waals surface area contributed by atoms with Crippen molar-refractivity contribution >= 4 is 17.5 Å². The summed E-state index contributed by atoms with van der Waals surface area (Å²) >= 11 is 0. The summed E-state index contributed by atoms with van der Waals surface area (Å²) in [5.74, 6) is -1.17. The molecule has 6 nitrogen and oxygen atoms in total. The molecule has 0 saturated heterocycles. The molecule has 7 heteroatoms. The van der Waals surface area contributed by atoms with Crippen LogP contribution in [0.25, 0.3) is 0 Å². The number of anilines is 1. The van der Waals surface area contributed by atoms with Crippen LogP contribution in [0.2, 0.25) is 0 Å². The highest BCUT2D eigenvalue weighted by atomic mass is 19.1. The number of halogens is 1. The van der Waals surface area contributed by atoms with Gasteiger partial charge in [-0.1, -0.05) is 0 Å². The largest absolute Gasteiger partial charge is 0.336 e. The van der Waals surface area contributed by atoms with Crippen LogP contribution in [0.4, 0.5) is 10.1 Å². The molecule has 0 radical (unpaired) electrons. The number of nitrogens with zero attached hydrogens (tertiary/aromatic N) is 3. The van der Waals surface area contributed by atoms with Crippen LogP contribution in [0.15, 0.2) is 24.7 Å². The fraction of sp³-hybridized carbons (Fsp3) is 0.312. The quantitative estimate of drug-likeness (QED) is 0.937. The minimum Gasteiger partial charge on any atom is -0.336 e. The molecular formula is C16H17FN4O2. The summed E-state index contributed by atoms with van der Waals surface area (Å²) in [6.45, 7) is 0.336. The van der Waals surface area contributed by atoms with Crippen molar-refractivity contribution in [3.05, 3.63) is 47.3 Å². The lowest BCUT2D eigenvalue weighted by Gasteiger charge is -2.21. The van der Waals surface area contributed by atoms with Gasteiger partial charge in [0.15, 0.2) is 0 Å². The maximum Gasteiger partial charge on any atom is 0.256 e. The zero-order valence-electron chi connectivity index (χ0n) is 13.0. The van der Waals surface area contributed by atoms with Gasteiger partial charge in [0.25, 0.3) is 5.91 Å². The van der Waals surface area contributed by atoms with Gasteiger partial charge in [-0.2, -0.15) is 0 Å². The number of amides is 2. The summed E-state index contributed by atoms with van der Waals surface area (Å²) in [4.78, 5) is 29.3. The summed E-state index contributed by atoms with van der Waals surface area (Å²) in [6, 6.07) is 2.75. The average Bonchev–Trinajstić information content (AvgIpc) is 2.91. The van der Waals surface area contributed by atoms with E-state index in [1.54, 1.807) is 19.6 Å². The topological polar surface area (TPSA) is 67.2 Å². The Kier molecular flexibility index (Phi) is 3.85. The first-order chi connectivity index (χ1) is 11.0. The van der Waals surface area contributed by atoms with Crippen LogP contribution < -0.4 is 5.32 Å². The second-order valence-corrected chi connectivity index (χ2v) is 5.69. The van der Waals surface area contributed by atoms with E-state index >= 15 is 0 Å². The Morgan fingerprint density at radius 3 is 2.91 bits per heavy atom. The minimum absolute atomic E-state index is 0.0181. The third-order valence-corrected chi connectivity index (χ3v) is 3.98. The van der Waals surface area contributed by atoms with Crippen molar-refractivity contribution in [2.75, 3.05) is 12.4 Å². The van der Waals surface area contributed by atoms with Crippen LogP contribution in [-0.2, 0) is 24.8 Å². The lowest BCUT2D eigenvalue weighted by Crippen LogP contribution is -2.28. The number of fused-ring (bicyclic) bond motifs is 1. The van der Waals surface area contributed by atoms with E-state index in [1.807, 2.05) is 11.6 Å². The van der Waals surface area contributed by atoms with Gasteiger partial charge in [0.2, 0.25) is 5.91 Å². The molecular weight excluding hydrogens is 299 g/mol. The molecule has 1 aromatic carbocycles. The third-order valence-electron chi connectivity index (χ3n) is 3.98. The molecule has 1 aromatic heterocycles. The fourth-order valence-electron chi connectivity index (χ4n) is 2.62. The monoisotopic (exact) mass is 316 g/mol. The number of aromatic nitrogens is 2. The molecule has 23 heavy (non-hydrogen) atoms. The molecule has 2 aromatic rings. The number of carbonyl (C=O) groups is 2. The summed E-state index contributed by atoms with van der Waals surface area (Å²) < 4.78 is 16.1. The van der Waals surface area contributed by atoms with Gasteiger partial charge < -0.3 is 14.8 Å². The van der Waals surface area contributed by atoms with Crippen LogP contribution in [0.1, 0.15) is 28.0 Å². The molecule has 2 heterocycles. The molecule has 1 aliphatic rings. The number of hydrogen-bond donors (Lipinski definition) is 1. The SMILES string of the molecule is CN(Cc1cncn1C)C(=O)c1cc2c(cc1F)NC(=O)CC2. The molecule has 3 rings (SSSR count). The minimum atomic E-state index is -0.632. The summed E-state index contributed by atoms with van der Waals surface area (Å²) in [7, 11) is 3.46. The van der Waals surface area contributed by atoms with Crippen LogP contribution >= 0.6 is 0 Å². The highest BCUT2D eigenvalue weighted by Gasteiger charge is 2.22. The third kappa shape index (κ3) is 2.94. The Morgan fingerprint density at radius 1 is 1.43 bits per heavy atom. The zero-order valence-corrected chi connectivity index (χ0v) is 13.0. The Labute approximate surface area is 132 Å². The van der Waals surface area contributed by atoms with Crippen LogP contribution in [0, 0.1) is 5.82 Å². The van der Waals surface area contributed by atoms with Crippen LogP contribution in [0.3, 0.4) is 0 Å². The highest BCUT2D eigenvalue weighted by Crippen LogP contribution is 2.26. The number of nitrogens with one attached hydrogen (secondary N) is 1. The molecule has 0 unspecified atom stereocenters. The van der Waals surface area contributed by atoms with E-state index in [1.165, 1.54) is 17.0 Å². The Bertz CT molecular complexity index is 784. The number of rotatable bonds is 3. The second kappa shape index (κ2) is 5.83. The summed E-state index contributed by atoms with van der Waals surface area (Å²) in [5, 5.41) is 2.62. The van der Waals surface area contributed by atoms with Gasteiger partial charge in [-0.05, 0) is 24.1 Å². The molecule has 0 aliphatic carbocycles. The van der Waals surface area contributed by atoms with Gasteiger partial charge in [-0.25, -0.2) is 9.37 Å². The van der Waals surface area contributed by atoms with Crippen molar-refractivity contribution in [3.8, 4) is 0 Å². The van der Waals surface area contributed by atoms with E-state index in [0.717, 1.165) is 11.3 Å². The molecule has 1 N–H and O–H groups in total. The lowest BCUT2D eigenvalue weighted by atomic mass is 9.99. The Hall–Kier alpha value is -2.70. The first-order valence-corrected chi connectivity index (χ1v) is 7.28. The van der Waals surface area contributed by atoms with Crippen molar-refractivity contribution in [2.24, 2.45) is 7.05 Å². The zero-order chi connectivity index (χ0) is 16.6. The first kappa shape index (κ1) is 15.2. The summed E-state index contributed by atoms with van der Waals surface area (Å²) in [5.41, 5.74) is 2.10.